The van der Waals surface area contributed by atoms with Crippen molar-refractivity contribution in [3.8, 4) is 0 Å². The lowest BCUT2D eigenvalue weighted by Gasteiger charge is -2.01. The van der Waals surface area contributed by atoms with Crippen molar-refractivity contribution in [2.45, 2.75) is 20.3 Å². The van der Waals surface area contributed by atoms with Crippen molar-refractivity contribution < 1.29 is 9.18 Å². The number of benzene rings is 1. The van der Waals surface area contributed by atoms with Crippen LogP contribution in [0.1, 0.15) is 19.4 Å². The van der Waals surface area contributed by atoms with E-state index in [1.54, 1.807) is 0 Å². The van der Waals surface area contributed by atoms with Crippen LogP contribution in [-0.2, 0) is 11.2 Å². The second kappa shape index (κ2) is 5.08. The van der Waals surface area contributed by atoms with E-state index in [1.165, 1.54) is 24.3 Å². The van der Waals surface area contributed by atoms with E-state index in [0.717, 1.165) is 5.57 Å². The number of carbonyl (C=O) groups is 1. The summed E-state index contributed by atoms with van der Waals surface area (Å²) in [5.74, 6) is -0.508. The van der Waals surface area contributed by atoms with E-state index in [4.69, 9.17) is 11.6 Å². The number of hydrogen-bond donors (Lipinski definition) is 0. The van der Waals surface area contributed by atoms with Crippen molar-refractivity contribution in [1.29, 1.82) is 0 Å². The van der Waals surface area contributed by atoms with Crippen molar-refractivity contribution in [2.24, 2.45) is 0 Å². The molecule has 3 heteroatoms. The standard InChI is InChI=1S/C12H12ClFO/c1-8(2)5-11(15)7-9-6-10(13)3-4-12(9)14/h3-6H,7H2,1-2H3. The summed E-state index contributed by atoms with van der Waals surface area (Å²) < 4.78 is 13.2. The minimum absolute atomic E-state index is 0.0531. The molecule has 0 spiro atoms. The quantitative estimate of drug-likeness (QED) is 0.721. The van der Waals surface area contributed by atoms with Gasteiger partial charge in [0.1, 0.15) is 5.82 Å². The molecule has 0 aliphatic carbocycles. The van der Waals surface area contributed by atoms with Crippen LogP contribution in [-0.4, -0.2) is 5.78 Å². The highest BCUT2D eigenvalue weighted by atomic mass is 35.5. The predicted molar refractivity (Wildman–Crippen MR) is 59.6 cm³/mol. The summed E-state index contributed by atoms with van der Waals surface area (Å²) in [5.41, 5.74) is 1.24. The van der Waals surface area contributed by atoms with Crippen LogP contribution in [0.5, 0.6) is 0 Å². The van der Waals surface area contributed by atoms with Gasteiger partial charge < -0.3 is 0 Å². The zero-order valence-corrected chi connectivity index (χ0v) is 9.44. The maximum Gasteiger partial charge on any atom is 0.160 e. The van der Waals surface area contributed by atoms with Crippen LogP contribution in [0.4, 0.5) is 4.39 Å². The Labute approximate surface area is 93.6 Å². The fourth-order valence-corrected chi connectivity index (χ4v) is 1.43. The highest BCUT2D eigenvalue weighted by Crippen LogP contribution is 2.15. The molecule has 0 bridgehead atoms. The molecule has 0 saturated carbocycles. The molecule has 80 valence electrons. The van der Waals surface area contributed by atoms with E-state index >= 15 is 0 Å². The van der Waals surface area contributed by atoms with Gasteiger partial charge in [0.05, 0.1) is 0 Å². The molecular weight excluding hydrogens is 215 g/mol. The first-order chi connectivity index (χ1) is 6.99. The molecule has 0 amide bonds. The van der Waals surface area contributed by atoms with Crippen LogP contribution >= 0.6 is 11.6 Å². The van der Waals surface area contributed by atoms with E-state index in [2.05, 4.69) is 0 Å². The van der Waals surface area contributed by atoms with E-state index < -0.39 is 5.82 Å². The van der Waals surface area contributed by atoms with E-state index in [-0.39, 0.29) is 12.2 Å². The Morgan fingerprint density at radius 2 is 2.13 bits per heavy atom. The largest absolute Gasteiger partial charge is 0.294 e. The lowest BCUT2D eigenvalue weighted by atomic mass is 10.1. The van der Waals surface area contributed by atoms with Gasteiger partial charge in [0.15, 0.2) is 5.78 Å². The monoisotopic (exact) mass is 226 g/mol. The second-order valence-corrected chi connectivity index (χ2v) is 4.04. The molecule has 0 aromatic heterocycles. The summed E-state index contributed by atoms with van der Waals surface area (Å²) in [6.45, 7) is 3.65. The Morgan fingerprint density at radius 3 is 2.73 bits per heavy atom. The maximum atomic E-state index is 13.2. The van der Waals surface area contributed by atoms with Crippen LogP contribution in [0.2, 0.25) is 5.02 Å². The summed E-state index contributed by atoms with van der Waals surface area (Å²) in [7, 11) is 0. The highest BCUT2D eigenvalue weighted by molar-refractivity contribution is 6.30. The fourth-order valence-electron chi connectivity index (χ4n) is 1.24. The summed E-state index contributed by atoms with van der Waals surface area (Å²) in [5, 5.41) is 0.441. The molecule has 0 heterocycles. The Morgan fingerprint density at radius 1 is 1.47 bits per heavy atom. The molecule has 0 atom stereocenters. The zero-order chi connectivity index (χ0) is 11.4. The van der Waals surface area contributed by atoms with Gasteiger partial charge in [-0.1, -0.05) is 17.2 Å². The van der Waals surface area contributed by atoms with E-state index in [9.17, 15) is 9.18 Å². The normalized spacial score (nSPS) is 9.87. The van der Waals surface area contributed by atoms with Crippen molar-refractivity contribution in [2.75, 3.05) is 0 Å². The molecule has 1 nitrogen and oxygen atoms in total. The van der Waals surface area contributed by atoms with Gasteiger partial charge in [0.25, 0.3) is 0 Å². The summed E-state index contributed by atoms with van der Waals surface area (Å²) in [6, 6.07) is 4.22. The molecular formula is C12H12ClFO. The number of halogens is 2. The molecule has 1 aromatic carbocycles. The number of rotatable bonds is 3. The topological polar surface area (TPSA) is 17.1 Å². The Kier molecular flexibility index (Phi) is 4.04. The first-order valence-electron chi connectivity index (χ1n) is 4.60. The van der Waals surface area contributed by atoms with Crippen LogP contribution in [0.3, 0.4) is 0 Å². The molecule has 0 radical (unpaired) electrons. The first kappa shape index (κ1) is 11.9. The third-order valence-corrected chi connectivity index (χ3v) is 2.06. The smallest absolute Gasteiger partial charge is 0.160 e. The Bertz CT molecular complexity index is 406. The van der Waals surface area contributed by atoms with E-state index in [1.807, 2.05) is 13.8 Å². The van der Waals surface area contributed by atoms with Crippen molar-refractivity contribution in [1.82, 2.24) is 0 Å². The third kappa shape index (κ3) is 3.84. The zero-order valence-electron chi connectivity index (χ0n) is 8.68. The molecule has 15 heavy (non-hydrogen) atoms. The lowest BCUT2D eigenvalue weighted by molar-refractivity contribution is -0.114. The maximum absolute atomic E-state index is 13.2. The SMILES string of the molecule is CC(C)=CC(=O)Cc1cc(Cl)ccc1F. The third-order valence-electron chi connectivity index (χ3n) is 1.82. The predicted octanol–water partition coefficient (Wildman–Crippen LogP) is 3.56. The van der Waals surface area contributed by atoms with Gasteiger partial charge in [0, 0.05) is 11.4 Å². The van der Waals surface area contributed by atoms with Gasteiger partial charge in [0.2, 0.25) is 0 Å². The van der Waals surface area contributed by atoms with E-state index in [0.29, 0.717) is 10.6 Å². The molecule has 0 N–H and O–H groups in total. The van der Waals surface area contributed by atoms with Gasteiger partial charge in [-0.15, -0.1) is 0 Å². The molecule has 0 aliphatic rings. The van der Waals surface area contributed by atoms with Gasteiger partial charge in [-0.3, -0.25) is 4.79 Å². The Hall–Kier alpha value is -1.15. The number of carbonyl (C=O) groups excluding carboxylic acids is 1. The van der Waals surface area contributed by atoms with Gasteiger partial charge >= 0.3 is 0 Å². The molecule has 1 aromatic rings. The average molecular weight is 227 g/mol. The average Bonchev–Trinajstić information content (AvgIpc) is 2.10. The number of allylic oxidation sites excluding steroid dienone is 2. The van der Waals surface area contributed by atoms with Crippen molar-refractivity contribution in [3.63, 3.8) is 0 Å². The van der Waals surface area contributed by atoms with Gasteiger partial charge in [-0.2, -0.15) is 0 Å². The molecule has 0 unspecified atom stereocenters. The summed E-state index contributed by atoms with van der Waals surface area (Å²) >= 11 is 5.71. The van der Waals surface area contributed by atoms with Crippen LogP contribution in [0, 0.1) is 5.82 Å². The van der Waals surface area contributed by atoms with Gasteiger partial charge in [-0.25, -0.2) is 4.39 Å². The highest BCUT2D eigenvalue weighted by Gasteiger charge is 2.06. The minimum atomic E-state index is -0.394. The number of ketones is 1. The number of hydrogen-bond acceptors (Lipinski definition) is 1. The first-order valence-corrected chi connectivity index (χ1v) is 4.98. The van der Waals surface area contributed by atoms with Crippen molar-refractivity contribution in [3.05, 3.63) is 46.3 Å². The molecule has 0 saturated heterocycles. The summed E-state index contributed by atoms with van der Waals surface area (Å²) in [6.07, 6.45) is 1.55. The van der Waals surface area contributed by atoms with Gasteiger partial charge in [-0.05, 0) is 43.7 Å². The molecule has 0 fully saturated rings. The summed E-state index contributed by atoms with van der Waals surface area (Å²) in [4.78, 5) is 11.4. The van der Waals surface area contributed by atoms with Crippen LogP contribution in [0.15, 0.2) is 29.8 Å². The van der Waals surface area contributed by atoms with Crippen molar-refractivity contribution >= 4 is 17.4 Å². The molecule has 0 aliphatic heterocycles. The second-order valence-electron chi connectivity index (χ2n) is 3.60. The fraction of sp³-hybridized carbons (Fsp3) is 0.250. The van der Waals surface area contributed by atoms with Crippen LogP contribution in [0.25, 0.3) is 0 Å². The molecule has 1 rings (SSSR count). The lowest BCUT2D eigenvalue weighted by Crippen LogP contribution is -2.01. The Balaban J connectivity index is 2.85. The van der Waals surface area contributed by atoms with Crippen LogP contribution < -0.4 is 0 Å². The minimum Gasteiger partial charge on any atom is -0.294 e.